The Labute approximate surface area is 195 Å². The smallest absolute Gasteiger partial charge is 0.291 e. The van der Waals surface area contributed by atoms with Gasteiger partial charge in [-0.05, 0) is 37.8 Å². The summed E-state index contributed by atoms with van der Waals surface area (Å²) >= 11 is 8.70. The maximum Gasteiger partial charge on any atom is 0.291 e. The topological polar surface area (TPSA) is 70.4 Å². The number of hydrogen-bond donors (Lipinski definition) is 2. The van der Waals surface area contributed by atoms with Crippen LogP contribution in [-0.4, -0.2) is 57.5 Å². The largest absolute Gasteiger partial charge is 0.367 e. The Hall–Kier alpha value is -1.60. The molecule has 2 N–H and O–H groups in total. The summed E-state index contributed by atoms with van der Waals surface area (Å²) in [6, 6.07) is 2.30. The first-order valence-electron chi connectivity index (χ1n) is 10.2. The van der Waals surface area contributed by atoms with Gasteiger partial charge in [-0.25, -0.2) is 18.2 Å². The van der Waals surface area contributed by atoms with Gasteiger partial charge in [0.05, 0.1) is 11.2 Å². The molecule has 3 aromatic rings. The van der Waals surface area contributed by atoms with Gasteiger partial charge in [0.2, 0.25) is 0 Å². The Morgan fingerprint density at radius 3 is 2.88 bits per heavy atom. The van der Waals surface area contributed by atoms with E-state index in [9.17, 15) is 13.2 Å². The fourth-order valence-electron chi connectivity index (χ4n) is 3.72. The number of imidazole rings is 1. The number of pyridine rings is 1. The van der Waals surface area contributed by atoms with Crippen LogP contribution >= 0.6 is 34.9 Å². The van der Waals surface area contributed by atoms with E-state index in [1.165, 1.54) is 11.9 Å². The van der Waals surface area contributed by atoms with Gasteiger partial charge in [-0.2, -0.15) is 0 Å². The molecule has 1 aliphatic carbocycles. The predicted molar refractivity (Wildman–Crippen MR) is 121 cm³/mol. The molecule has 1 saturated heterocycles. The molecule has 7 nitrogen and oxygen atoms in total. The molecule has 0 radical (unpaired) electrons. The molecule has 0 unspecified atom stereocenters. The lowest BCUT2D eigenvalue weighted by Gasteiger charge is -2.34. The molecular weight excluding hydrogens is 483 g/mol. The number of rotatable bonds is 7. The van der Waals surface area contributed by atoms with Crippen molar-refractivity contribution in [2.45, 2.75) is 42.7 Å². The minimum atomic E-state index is -2.70. The predicted octanol–water partition coefficient (Wildman–Crippen LogP) is 4.34. The Bertz CT molecular complexity index is 1130. The van der Waals surface area contributed by atoms with Crippen molar-refractivity contribution in [2.24, 2.45) is 0 Å². The van der Waals surface area contributed by atoms with Crippen LogP contribution in [0.3, 0.4) is 0 Å². The van der Waals surface area contributed by atoms with Gasteiger partial charge in [-0.1, -0.05) is 22.9 Å². The van der Waals surface area contributed by atoms with Crippen LogP contribution in [0, 0.1) is 0 Å². The quantitative estimate of drug-likeness (QED) is 0.465. The van der Waals surface area contributed by atoms with Gasteiger partial charge >= 0.3 is 0 Å². The van der Waals surface area contributed by atoms with Crippen molar-refractivity contribution < 1.29 is 13.2 Å². The first-order chi connectivity index (χ1) is 15.4. The van der Waals surface area contributed by atoms with Gasteiger partial charge in [-0.3, -0.25) is 9.12 Å². The Morgan fingerprint density at radius 1 is 1.41 bits per heavy atom. The molecule has 32 heavy (non-hydrogen) atoms. The molecule has 1 aliphatic heterocycles. The zero-order chi connectivity index (χ0) is 22.5. The van der Waals surface area contributed by atoms with E-state index in [0.717, 1.165) is 54.4 Å². The van der Waals surface area contributed by atoms with Crippen molar-refractivity contribution in [3.63, 3.8) is 0 Å². The summed E-state index contributed by atoms with van der Waals surface area (Å²) in [5, 5.41) is 11.1. The third-order valence-corrected chi connectivity index (χ3v) is 7.85. The van der Waals surface area contributed by atoms with Crippen LogP contribution in [0.2, 0.25) is 5.15 Å². The molecular formula is C19H21ClF3N7S2. The fourth-order valence-corrected chi connectivity index (χ4v) is 5.60. The summed E-state index contributed by atoms with van der Waals surface area (Å²) in [6.07, 6.45) is 0.717. The summed E-state index contributed by atoms with van der Waals surface area (Å²) in [5.41, 5.74) is 1.10. The van der Waals surface area contributed by atoms with Crippen LogP contribution in [0.5, 0.6) is 0 Å². The maximum absolute atomic E-state index is 13.4. The van der Waals surface area contributed by atoms with Crippen LogP contribution in [0.1, 0.15) is 31.2 Å². The molecule has 5 rings (SSSR count). The summed E-state index contributed by atoms with van der Waals surface area (Å²) in [7, 11) is 0. The first kappa shape index (κ1) is 22.2. The van der Waals surface area contributed by atoms with Crippen LogP contribution in [0.15, 0.2) is 17.2 Å². The molecule has 0 amide bonds. The zero-order valence-corrected chi connectivity index (χ0v) is 19.5. The van der Waals surface area contributed by atoms with E-state index in [0.29, 0.717) is 11.3 Å². The Morgan fingerprint density at radius 2 is 2.22 bits per heavy atom. The van der Waals surface area contributed by atoms with Gasteiger partial charge < -0.3 is 10.2 Å². The van der Waals surface area contributed by atoms with Crippen molar-refractivity contribution >= 4 is 46.1 Å². The number of nitrogens with zero attached hydrogens (tertiary/aromatic N) is 5. The van der Waals surface area contributed by atoms with Gasteiger partial charge in [0, 0.05) is 36.8 Å². The highest BCUT2D eigenvalue weighted by molar-refractivity contribution is 7.97. The van der Waals surface area contributed by atoms with Crippen molar-refractivity contribution in [3.05, 3.63) is 22.4 Å². The standard InChI is InChI=1S/C19H21ClF3N7S2/c1-10-7-29(5-4-24-10)12-6-11(32-28-19(9-21)2-3-19)8-30-13(12)14(20)25-16(30)18-27-26-17(31-18)15(22)23/h6,8,10,15,24,28H,2-5,7,9H2,1H3/t10-/m0/s1. The lowest BCUT2D eigenvalue weighted by atomic mass is 10.2. The number of fused-ring (bicyclic) bond motifs is 1. The Kier molecular flexibility index (Phi) is 5.99. The zero-order valence-electron chi connectivity index (χ0n) is 17.1. The summed E-state index contributed by atoms with van der Waals surface area (Å²) in [6.45, 7) is 4.06. The minimum Gasteiger partial charge on any atom is -0.367 e. The third kappa shape index (κ3) is 4.18. The third-order valence-electron chi connectivity index (χ3n) is 5.67. The monoisotopic (exact) mass is 503 g/mol. The van der Waals surface area contributed by atoms with E-state index in [1.807, 2.05) is 12.3 Å². The number of anilines is 1. The molecule has 172 valence electrons. The molecule has 0 spiro atoms. The van der Waals surface area contributed by atoms with Gasteiger partial charge in [0.15, 0.2) is 21.0 Å². The Balaban J connectivity index is 1.60. The highest BCUT2D eigenvalue weighted by Gasteiger charge is 2.43. The molecule has 13 heteroatoms. The number of nitrogens with one attached hydrogen (secondary N) is 2. The molecule has 2 aliphatic rings. The number of aromatic nitrogens is 4. The number of alkyl halides is 3. The molecule has 3 aromatic heterocycles. The van der Waals surface area contributed by atoms with Crippen LogP contribution in [-0.2, 0) is 0 Å². The molecule has 4 heterocycles. The summed E-state index contributed by atoms with van der Waals surface area (Å²) in [4.78, 5) is 7.51. The van der Waals surface area contributed by atoms with Crippen molar-refractivity contribution in [2.75, 3.05) is 31.2 Å². The first-order valence-corrected chi connectivity index (χ1v) is 12.2. The highest BCUT2D eigenvalue weighted by Crippen LogP contribution is 2.41. The lowest BCUT2D eigenvalue weighted by molar-refractivity contribution is 0.150. The van der Waals surface area contributed by atoms with Crippen molar-refractivity contribution in [1.29, 1.82) is 0 Å². The summed E-state index contributed by atoms with van der Waals surface area (Å²) < 4.78 is 44.5. The maximum atomic E-state index is 13.4. The SMILES string of the molecule is C[C@H]1CN(c2cc(SNC3(CF)CC3)cn3c(-c4nnc(C(F)F)s4)nc(Cl)c23)CCN1. The van der Waals surface area contributed by atoms with Gasteiger partial charge in [-0.15, -0.1) is 10.2 Å². The molecule has 2 fully saturated rings. The minimum absolute atomic E-state index is 0.263. The average molecular weight is 504 g/mol. The van der Waals surface area contributed by atoms with Crippen molar-refractivity contribution in [1.82, 2.24) is 29.6 Å². The second kappa shape index (κ2) is 8.64. The molecule has 0 bridgehead atoms. The van der Waals surface area contributed by atoms with E-state index in [2.05, 4.69) is 37.0 Å². The van der Waals surface area contributed by atoms with Gasteiger partial charge in [0.1, 0.15) is 12.2 Å². The van der Waals surface area contributed by atoms with Crippen LogP contribution in [0.4, 0.5) is 18.9 Å². The number of halogens is 4. The van der Waals surface area contributed by atoms with Crippen molar-refractivity contribution in [3.8, 4) is 10.8 Å². The molecule has 1 atom stereocenters. The van der Waals surface area contributed by atoms with Crippen LogP contribution < -0.4 is 14.9 Å². The lowest BCUT2D eigenvalue weighted by Crippen LogP contribution is -2.49. The number of hydrogen-bond acceptors (Lipinski definition) is 8. The van der Waals surface area contributed by atoms with E-state index in [-0.39, 0.29) is 21.2 Å². The van der Waals surface area contributed by atoms with E-state index in [1.54, 1.807) is 4.40 Å². The second-order valence-electron chi connectivity index (χ2n) is 8.17. The average Bonchev–Trinajstić information content (AvgIpc) is 3.25. The highest BCUT2D eigenvalue weighted by atomic mass is 35.5. The normalized spacial score (nSPS) is 20.4. The van der Waals surface area contributed by atoms with E-state index >= 15 is 0 Å². The van der Waals surface area contributed by atoms with E-state index in [4.69, 9.17) is 11.6 Å². The van der Waals surface area contributed by atoms with E-state index < -0.39 is 18.6 Å². The molecule has 1 saturated carbocycles. The molecule has 0 aromatic carbocycles. The van der Waals surface area contributed by atoms with Crippen LogP contribution in [0.25, 0.3) is 16.3 Å². The summed E-state index contributed by atoms with van der Waals surface area (Å²) in [5.74, 6) is 0.355. The van der Waals surface area contributed by atoms with Gasteiger partial charge in [0.25, 0.3) is 6.43 Å². The second-order valence-corrected chi connectivity index (χ2v) is 10.4. The number of piperazine rings is 1. The fraction of sp³-hybridized carbons (Fsp3) is 0.526.